The Kier molecular flexibility index (Phi) is 6.62. The summed E-state index contributed by atoms with van der Waals surface area (Å²) < 4.78 is 37.0. The lowest BCUT2D eigenvalue weighted by molar-refractivity contribution is -0.0651. The zero-order valence-electron chi connectivity index (χ0n) is 20.9. The first-order valence-electron chi connectivity index (χ1n) is 12.6. The van der Waals surface area contributed by atoms with E-state index in [0.29, 0.717) is 29.4 Å². The Hall–Kier alpha value is -2.09. The van der Waals surface area contributed by atoms with Crippen LogP contribution < -0.4 is 4.72 Å². The highest BCUT2D eigenvalue weighted by Crippen LogP contribution is 2.45. The van der Waals surface area contributed by atoms with Crippen molar-refractivity contribution in [1.82, 2.24) is 9.62 Å². The number of piperidine rings is 2. The minimum Gasteiger partial charge on any atom is -0.598 e. The first-order valence-corrected chi connectivity index (χ1v) is 14.1. The van der Waals surface area contributed by atoms with Crippen LogP contribution in [0.2, 0.25) is 0 Å². The van der Waals surface area contributed by atoms with Crippen molar-refractivity contribution < 1.29 is 18.5 Å². The molecule has 6 rings (SSSR count). The van der Waals surface area contributed by atoms with Crippen LogP contribution in [0, 0.1) is 11.7 Å². The van der Waals surface area contributed by atoms with E-state index in [1.165, 1.54) is 18.4 Å². The fraction of sp³-hybridized carbons (Fsp3) is 0.536. The summed E-state index contributed by atoms with van der Waals surface area (Å²) >= 11 is -1.25. The molecule has 2 aliphatic carbocycles. The number of hydrogen-bond donors (Lipinski definition) is 1. The molecule has 1 amide bonds. The molecule has 4 fully saturated rings. The predicted octanol–water partition coefficient (Wildman–Crippen LogP) is 5.56. The lowest BCUT2D eigenvalue weighted by Crippen LogP contribution is -2.70. The third kappa shape index (κ3) is 5.23. The van der Waals surface area contributed by atoms with Gasteiger partial charge in [-0.05, 0) is 81.4 Å². The second kappa shape index (κ2) is 9.41. The molecule has 7 heteroatoms. The molecule has 2 aliphatic heterocycles. The minimum atomic E-state index is -1.25. The van der Waals surface area contributed by atoms with Crippen LogP contribution in [-0.2, 0) is 22.5 Å². The van der Waals surface area contributed by atoms with E-state index in [1.807, 2.05) is 45.0 Å². The first-order chi connectivity index (χ1) is 16.6. The molecule has 0 aromatic heterocycles. The average Bonchev–Trinajstić information content (AvgIpc) is 3.59. The smallest absolute Gasteiger partial charge is 0.410 e. The maximum absolute atomic E-state index is 15.9. The number of fused-ring (bicyclic) bond motifs is 2. The van der Waals surface area contributed by atoms with Crippen molar-refractivity contribution in [3.8, 4) is 11.1 Å². The lowest BCUT2D eigenvalue weighted by Gasteiger charge is -2.57. The summed E-state index contributed by atoms with van der Waals surface area (Å²) in [5, 5.41) is 0. The van der Waals surface area contributed by atoms with Gasteiger partial charge in [0.05, 0.1) is 12.1 Å². The quantitative estimate of drug-likeness (QED) is 0.530. The Bertz CT molecular complexity index is 1090. The second-order valence-corrected chi connectivity index (χ2v) is 12.5. The van der Waals surface area contributed by atoms with Gasteiger partial charge < -0.3 is 14.2 Å². The molecule has 2 bridgehead atoms. The fourth-order valence-corrected chi connectivity index (χ4v) is 6.39. The summed E-state index contributed by atoms with van der Waals surface area (Å²) in [6, 6.07) is 13.3. The molecule has 5 nitrogen and oxygen atoms in total. The summed E-state index contributed by atoms with van der Waals surface area (Å²) in [4.78, 5) is 15.1. The number of halogens is 1. The summed E-state index contributed by atoms with van der Waals surface area (Å²) in [5.74, 6) is 0.661. The number of carbonyl (C=O) groups excluding carboxylic acids is 1. The van der Waals surface area contributed by atoms with Crippen molar-refractivity contribution in [2.75, 3.05) is 6.26 Å². The van der Waals surface area contributed by atoms with Crippen LogP contribution in [0.4, 0.5) is 9.18 Å². The van der Waals surface area contributed by atoms with Gasteiger partial charge in [0.1, 0.15) is 17.7 Å². The average molecular weight is 499 g/mol. The van der Waals surface area contributed by atoms with Crippen molar-refractivity contribution >= 4 is 17.5 Å². The normalized spacial score (nSPS) is 26.7. The summed E-state index contributed by atoms with van der Waals surface area (Å²) in [6.07, 6.45) is 5.65. The fourth-order valence-electron chi connectivity index (χ4n) is 5.66. The number of amides is 1. The number of hydrogen-bond acceptors (Lipinski definition) is 4. The molecule has 3 atom stereocenters. The number of nitrogens with one attached hydrogen (secondary N) is 1. The number of ether oxygens (including phenoxy) is 1. The van der Waals surface area contributed by atoms with E-state index in [9.17, 15) is 9.35 Å². The molecule has 2 saturated carbocycles. The highest BCUT2D eigenvalue weighted by Gasteiger charge is 2.54. The molecule has 2 aromatic rings. The van der Waals surface area contributed by atoms with E-state index in [1.54, 1.807) is 17.2 Å². The topological polar surface area (TPSA) is 64.6 Å². The summed E-state index contributed by atoms with van der Waals surface area (Å²) in [7, 11) is 0. The van der Waals surface area contributed by atoms with Crippen LogP contribution in [0.3, 0.4) is 0 Å². The molecule has 1 N–H and O–H groups in total. The van der Waals surface area contributed by atoms with Gasteiger partial charge in [0.15, 0.2) is 0 Å². The summed E-state index contributed by atoms with van der Waals surface area (Å²) in [6.45, 7) is 5.55. The molecule has 2 heterocycles. The number of rotatable bonds is 6. The van der Waals surface area contributed by atoms with E-state index in [4.69, 9.17) is 4.74 Å². The molecule has 0 radical (unpaired) electrons. The molecule has 35 heavy (non-hydrogen) atoms. The van der Waals surface area contributed by atoms with Crippen molar-refractivity contribution in [1.29, 1.82) is 0 Å². The molecular formula is C28H35FN2O3S. The van der Waals surface area contributed by atoms with Crippen molar-refractivity contribution in [3.63, 3.8) is 0 Å². The van der Waals surface area contributed by atoms with Crippen molar-refractivity contribution in [3.05, 3.63) is 59.4 Å². The van der Waals surface area contributed by atoms with E-state index in [2.05, 4.69) is 16.9 Å². The molecule has 1 unspecified atom stereocenters. The maximum atomic E-state index is 15.9. The van der Waals surface area contributed by atoms with E-state index in [0.717, 1.165) is 18.4 Å². The van der Waals surface area contributed by atoms with E-state index >= 15 is 4.39 Å². The predicted molar refractivity (Wildman–Crippen MR) is 137 cm³/mol. The third-order valence-corrected chi connectivity index (χ3v) is 8.09. The number of benzene rings is 2. The number of carbonyl (C=O) groups is 1. The lowest BCUT2D eigenvalue weighted by atomic mass is 9.67. The molecule has 4 aliphatic rings. The standard InChI is InChI=1S/C28H35FN2O3S/c1-28(2,3)34-27(32)31-22-14-21(15-22)26(30-35(4)33)24(31)16-20-9-6-10-23(25(20)29)19-8-5-7-18(13-19)17-11-12-17/h5-10,13,17,21-22,24,26,30H,11-12,14-16H2,1-4H3/t21?,22?,24-,26-,35?/m0/s1. The van der Waals surface area contributed by atoms with Gasteiger partial charge in [-0.2, -0.15) is 0 Å². The molecule has 2 saturated heterocycles. The van der Waals surface area contributed by atoms with Crippen LogP contribution in [0.5, 0.6) is 0 Å². The highest BCUT2D eigenvalue weighted by atomic mass is 32.2. The number of nitrogens with zero attached hydrogens (tertiary/aromatic N) is 1. The van der Waals surface area contributed by atoms with Gasteiger partial charge in [-0.25, -0.2) is 9.18 Å². The minimum absolute atomic E-state index is 0.0738. The van der Waals surface area contributed by atoms with Crippen LogP contribution in [0.25, 0.3) is 11.1 Å². The van der Waals surface area contributed by atoms with Crippen molar-refractivity contribution in [2.45, 2.75) is 82.5 Å². The Labute approximate surface area is 210 Å². The Morgan fingerprint density at radius 1 is 1.20 bits per heavy atom. The molecule has 0 spiro atoms. The monoisotopic (exact) mass is 498 g/mol. The largest absolute Gasteiger partial charge is 0.598 e. The van der Waals surface area contributed by atoms with Gasteiger partial charge >= 0.3 is 6.09 Å². The van der Waals surface area contributed by atoms with Crippen LogP contribution in [-0.4, -0.2) is 45.5 Å². The zero-order valence-corrected chi connectivity index (χ0v) is 21.7. The van der Waals surface area contributed by atoms with E-state index < -0.39 is 17.0 Å². The second-order valence-electron chi connectivity index (χ2n) is 11.3. The molecular weight excluding hydrogens is 463 g/mol. The Morgan fingerprint density at radius 3 is 2.57 bits per heavy atom. The first kappa shape index (κ1) is 24.6. The molecule has 188 valence electrons. The maximum Gasteiger partial charge on any atom is 0.410 e. The van der Waals surface area contributed by atoms with Crippen LogP contribution in [0.15, 0.2) is 42.5 Å². The van der Waals surface area contributed by atoms with Crippen LogP contribution in [0.1, 0.15) is 63.5 Å². The van der Waals surface area contributed by atoms with Gasteiger partial charge in [-0.15, -0.1) is 4.72 Å². The third-order valence-electron chi connectivity index (χ3n) is 7.48. The Morgan fingerprint density at radius 2 is 1.91 bits per heavy atom. The van der Waals surface area contributed by atoms with Crippen LogP contribution >= 0.6 is 0 Å². The van der Waals surface area contributed by atoms with Crippen molar-refractivity contribution in [2.24, 2.45) is 5.92 Å². The summed E-state index contributed by atoms with van der Waals surface area (Å²) in [5.41, 5.74) is 2.67. The van der Waals surface area contributed by atoms with Gasteiger partial charge in [-0.3, -0.25) is 0 Å². The van der Waals surface area contributed by atoms with E-state index in [-0.39, 0.29) is 30.0 Å². The highest BCUT2D eigenvalue weighted by molar-refractivity contribution is 7.88. The van der Waals surface area contributed by atoms with Gasteiger partial charge in [0, 0.05) is 23.0 Å². The zero-order chi connectivity index (χ0) is 24.9. The van der Waals surface area contributed by atoms with Gasteiger partial charge in [-0.1, -0.05) is 42.5 Å². The van der Waals surface area contributed by atoms with Gasteiger partial charge in [0.2, 0.25) is 0 Å². The Balaban J connectivity index is 1.46. The molecule has 2 aromatic carbocycles. The SMILES string of the molecule is C[S+]([O-])N[C@H]1C2CC(C2)N(C(=O)OC(C)(C)C)[C@H]1Cc1cccc(-c2cccc(C3CC3)c2)c1F. The van der Waals surface area contributed by atoms with Gasteiger partial charge in [0.25, 0.3) is 0 Å².